The van der Waals surface area contributed by atoms with Gasteiger partial charge in [0.2, 0.25) is 0 Å². The van der Waals surface area contributed by atoms with Crippen LogP contribution in [0.5, 0.6) is 0 Å². The van der Waals surface area contributed by atoms with Crippen LogP contribution in [0.4, 0.5) is 0 Å². The molecule has 2 nitrogen and oxygen atoms in total. The second-order valence-electron chi connectivity index (χ2n) is 6.59. The summed E-state index contributed by atoms with van der Waals surface area (Å²) in [6, 6.07) is 8.38. The summed E-state index contributed by atoms with van der Waals surface area (Å²) in [6.45, 7) is 11.8. The molecule has 4 heteroatoms. The Labute approximate surface area is 136 Å². The van der Waals surface area contributed by atoms with Gasteiger partial charge in [0.1, 0.15) is 5.01 Å². The number of benzene rings is 1. The first-order valence-electron chi connectivity index (χ1n) is 7.27. The third-order valence-electron chi connectivity index (χ3n) is 3.15. The summed E-state index contributed by atoms with van der Waals surface area (Å²) < 4.78 is 0. The van der Waals surface area contributed by atoms with Crippen LogP contribution in [0.3, 0.4) is 0 Å². The summed E-state index contributed by atoms with van der Waals surface area (Å²) in [5, 5.41) is 5.29. The second kappa shape index (κ2) is 6.47. The van der Waals surface area contributed by atoms with Gasteiger partial charge in [-0.2, -0.15) is 0 Å². The van der Waals surface area contributed by atoms with Crippen molar-refractivity contribution >= 4 is 22.9 Å². The van der Waals surface area contributed by atoms with E-state index < -0.39 is 0 Å². The first kappa shape index (κ1) is 16.5. The number of rotatable bonds is 4. The first-order valence-corrected chi connectivity index (χ1v) is 8.46. The van der Waals surface area contributed by atoms with Crippen molar-refractivity contribution in [2.75, 3.05) is 0 Å². The van der Waals surface area contributed by atoms with Crippen LogP contribution in [-0.4, -0.2) is 11.0 Å². The lowest BCUT2D eigenvalue weighted by molar-refractivity contribution is 0.546. The van der Waals surface area contributed by atoms with Crippen molar-refractivity contribution in [3.05, 3.63) is 39.9 Å². The second-order valence-corrected chi connectivity index (χ2v) is 8.11. The van der Waals surface area contributed by atoms with Crippen LogP contribution in [0.2, 0.25) is 5.02 Å². The summed E-state index contributed by atoms with van der Waals surface area (Å²) in [6.07, 6.45) is 0. The highest BCUT2D eigenvalue weighted by molar-refractivity contribution is 7.15. The van der Waals surface area contributed by atoms with Crippen molar-refractivity contribution in [3.63, 3.8) is 0 Å². The molecule has 0 radical (unpaired) electrons. The number of thiazole rings is 1. The fraction of sp³-hybridized carbons (Fsp3) is 0.471. The van der Waals surface area contributed by atoms with E-state index in [-0.39, 0.29) is 5.41 Å². The fourth-order valence-electron chi connectivity index (χ4n) is 2.10. The minimum atomic E-state index is 0.0430. The number of nitrogens with one attached hydrogen (secondary N) is 1. The molecule has 1 aromatic heterocycles. The predicted octanol–water partition coefficient (Wildman–Crippen LogP) is 5.26. The molecule has 0 atom stereocenters. The molecule has 2 rings (SSSR count). The van der Waals surface area contributed by atoms with Gasteiger partial charge in [-0.1, -0.05) is 58.4 Å². The van der Waals surface area contributed by atoms with Crippen molar-refractivity contribution in [1.82, 2.24) is 10.3 Å². The maximum Gasteiger partial charge on any atom is 0.123 e. The maximum absolute atomic E-state index is 6.10. The molecule has 21 heavy (non-hydrogen) atoms. The zero-order valence-electron chi connectivity index (χ0n) is 13.3. The SMILES string of the molecule is CC(C)NCc1sc(-c2cccc(Cl)c2)nc1C(C)(C)C. The minimum absolute atomic E-state index is 0.0430. The molecular formula is C17H23ClN2S. The molecule has 0 bridgehead atoms. The molecule has 2 aromatic rings. The molecule has 0 unspecified atom stereocenters. The average molecular weight is 323 g/mol. The molecule has 0 saturated heterocycles. The van der Waals surface area contributed by atoms with Crippen molar-refractivity contribution in [2.24, 2.45) is 0 Å². The van der Waals surface area contributed by atoms with Gasteiger partial charge in [0.15, 0.2) is 0 Å². The molecule has 114 valence electrons. The van der Waals surface area contributed by atoms with E-state index in [1.807, 2.05) is 18.2 Å². The van der Waals surface area contributed by atoms with Crippen LogP contribution in [0, 0.1) is 0 Å². The smallest absolute Gasteiger partial charge is 0.123 e. The topological polar surface area (TPSA) is 24.9 Å². The lowest BCUT2D eigenvalue weighted by atomic mass is 9.91. The third kappa shape index (κ3) is 4.29. The minimum Gasteiger partial charge on any atom is -0.310 e. The Morgan fingerprint density at radius 3 is 2.57 bits per heavy atom. The van der Waals surface area contributed by atoms with Gasteiger partial charge in [0.25, 0.3) is 0 Å². The normalized spacial score (nSPS) is 12.1. The van der Waals surface area contributed by atoms with Gasteiger partial charge in [0, 0.05) is 33.5 Å². The summed E-state index contributed by atoms with van der Waals surface area (Å²) in [5.74, 6) is 0. The molecule has 0 aliphatic rings. The Kier molecular flexibility index (Phi) is 5.07. The third-order valence-corrected chi connectivity index (χ3v) is 4.49. The van der Waals surface area contributed by atoms with E-state index in [1.165, 1.54) is 10.6 Å². The Morgan fingerprint density at radius 1 is 1.29 bits per heavy atom. The van der Waals surface area contributed by atoms with E-state index in [2.05, 4.69) is 46.0 Å². The number of hydrogen-bond acceptors (Lipinski definition) is 3. The largest absolute Gasteiger partial charge is 0.310 e. The number of hydrogen-bond donors (Lipinski definition) is 1. The Hall–Kier alpha value is -0.900. The highest BCUT2D eigenvalue weighted by Crippen LogP contribution is 2.35. The van der Waals surface area contributed by atoms with Crippen LogP contribution in [0.15, 0.2) is 24.3 Å². The molecular weight excluding hydrogens is 300 g/mol. The van der Waals surface area contributed by atoms with Crippen molar-refractivity contribution < 1.29 is 0 Å². The van der Waals surface area contributed by atoms with E-state index in [4.69, 9.17) is 16.6 Å². The zero-order chi connectivity index (χ0) is 15.6. The Bertz CT molecular complexity index is 611. The molecule has 1 heterocycles. The highest BCUT2D eigenvalue weighted by atomic mass is 35.5. The van der Waals surface area contributed by atoms with E-state index in [0.29, 0.717) is 6.04 Å². The van der Waals surface area contributed by atoms with Gasteiger partial charge >= 0.3 is 0 Å². The summed E-state index contributed by atoms with van der Waals surface area (Å²) in [4.78, 5) is 6.20. The van der Waals surface area contributed by atoms with Crippen LogP contribution < -0.4 is 5.32 Å². The first-order chi connectivity index (χ1) is 9.77. The van der Waals surface area contributed by atoms with Gasteiger partial charge in [0.05, 0.1) is 5.69 Å². The number of nitrogens with zero attached hydrogens (tertiary/aromatic N) is 1. The van der Waals surface area contributed by atoms with Gasteiger partial charge in [-0.15, -0.1) is 11.3 Å². The quantitative estimate of drug-likeness (QED) is 0.830. The molecule has 0 fully saturated rings. The summed E-state index contributed by atoms with van der Waals surface area (Å²) >= 11 is 7.86. The average Bonchev–Trinajstić information content (AvgIpc) is 2.80. The number of halogens is 1. The van der Waals surface area contributed by atoms with Crippen LogP contribution in [0.1, 0.15) is 45.2 Å². The van der Waals surface area contributed by atoms with Crippen molar-refractivity contribution in [3.8, 4) is 10.6 Å². The lowest BCUT2D eigenvalue weighted by Gasteiger charge is -2.18. The maximum atomic E-state index is 6.10. The van der Waals surface area contributed by atoms with E-state index >= 15 is 0 Å². The van der Waals surface area contributed by atoms with E-state index in [9.17, 15) is 0 Å². The number of aromatic nitrogens is 1. The van der Waals surface area contributed by atoms with E-state index in [0.717, 1.165) is 22.1 Å². The molecule has 0 spiro atoms. The standard InChI is InChI=1S/C17H23ClN2S/c1-11(2)19-10-14-15(17(3,4)5)20-16(21-14)12-7-6-8-13(18)9-12/h6-9,11,19H,10H2,1-5H3. The van der Waals surface area contributed by atoms with E-state index in [1.54, 1.807) is 11.3 Å². The van der Waals surface area contributed by atoms with Gasteiger partial charge in [-0.3, -0.25) is 0 Å². The van der Waals surface area contributed by atoms with Crippen LogP contribution >= 0.6 is 22.9 Å². The molecule has 0 saturated carbocycles. The molecule has 0 aliphatic heterocycles. The Morgan fingerprint density at radius 2 is 2.00 bits per heavy atom. The van der Waals surface area contributed by atoms with Crippen LogP contribution in [0.25, 0.3) is 10.6 Å². The lowest BCUT2D eigenvalue weighted by Crippen LogP contribution is -2.23. The Balaban J connectivity index is 2.40. The van der Waals surface area contributed by atoms with Crippen LogP contribution in [-0.2, 0) is 12.0 Å². The molecule has 0 aliphatic carbocycles. The van der Waals surface area contributed by atoms with Gasteiger partial charge < -0.3 is 5.32 Å². The van der Waals surface area contributed by atoms with Gasteiger partial charge in [-0.25, -0.2) is 4.98 Å². The summed E-state index contributed by atoms with van der Waals surface area (Å²) in [7, 11) is 0. The van der Waals surface area contributed by atoms with Gasteiger partial charge in [-0.05, 0) is 12.1 Å². The predicted molar refractivity (Wildman–Crippen MR) is 93.2 cm³/mol. The summed E-state index contributed by atoms with van der Waals surface area (Å²) in [5.41, 5.74) is 2.31. The zero-order valence-corrected chi connectivity index (χ0v) is 14.9. The molecule has 0 amide bonds. The van der Waals surface area contributed by atoms with Crippen molar-refractivity contribution in [1.29, 1.82) is 0 Å². The monoisotopic (exact) mass is 322 g/mol. The van der Waals surface area contributed by atoms with Crippen molar-refractivity contribution in [2.45, 2.75) is 52.6 Å². The molecule has 1 aromatic carbocycles. The fourth-order valence-corrected chi connectivity index (χ4v) is 3.51. The molecule has 1 N–H and O–H groups in total. The highest BCUT2D eigenvalue weighted by Gasteiger charge is 2.23.